The first-order valence-corrected chi connectivity index (χ1v) is 13.1. The summed E-state index contributed by atoms with van der Waals surface area (Å²) in [6.45, 7) is 8.38. The largest absolute Gasteiger partial charge is 0.369 e. The van der Waals surface area contributed by atoms with Crippen LogP contribution >= 0.6 is 0 Å². The number of hydrogen-bond donors (Lipinski definition) is 2. The molecule has 1 aliphatic rings. The topological polar surface area (TPSA) is 113 Å². The van der Waals surface area contributed by atoms with Gasteiger partial charge in [-0.1, -0.05) is 32.0 Å². The number of carbonyl (C=O) groups is 2. The number of nitrogens with two attached hydrogens (primary N) is 1. The quantitative estimate of drug-likeness (QED) is 0.566. The second kappa shape index (κ2) is 11.1. The molecule has 2 aromatic rings. The number of rotatable bonds is 9. The molecule has 8 nitrogen and oxygen atoms in total. The van der Waals surface area contributed by atoms with Crippen molar-refractivity contribution in [2.24, 2.45) is 11.7 Å². The summed E-state index contributed by atoms with van der Waals surface area (Å²) in [6.07, 6.45) is 1.79. The minimum Gasteiger partial charge on any atom is -0.369 e. The van der Waals surface area contributed by atoms with E-state index in [2.05, 4.69) is 10.2 Å². The molecule has 0 aromatic heterocycles. The van der Waals surface area contributed by atoms with Crippen LogP contribution in [0, 0.1) is 12.8 Å². The Hall–Kier alpha value is -2.75. The highest BCUT2D eigenvalue weighted by Gasteiger charge is 2.25. The third-order valence-electron chi connectivity index (χ3n) is 6.32. The first kappa shape index (κ1) is 25.9. The monoisotopic (exact) mass is 486 g/mol. The van der Waals surface area contributed by atoms with Crippen molar-refractivity contribution in [3.05, 3.63) is 59.2 Å². The predicted molar refractivity (Wildman–Crippen MR) is 133 cm³/mol. The maximum absolute atomic E-state index is 13.0. The van der Waals surface area contributed by atoms with E-state index in [-0.39, 0.29) is 22.6 Å². The van der Waals surface area contributed by atoms with Gasteiger partial charge in [-0.15, -0.1) is 0 Å². The third-order valence-corrected chi connectivity index (χ3v) is 8.37. The van der Waals surface area contributed by atoms with Crippen molar-refractivity contribution in [1.29, 1.82) is 0 Å². The molecule has 2 aromatic carbocycles. The van der Waals surface area contributed by atoms with Crippen molar-refractivity contribution in [3.8, 4) is 0 Å². The van der Waals surface area contributed by atoms with Crippen LogP contribution < -0.4 is 11.1 Å². The number of nitrogens with one attached hydrogen (secondary N) is 1. The summed E-state index contributed by atoms with van der Waals surface area (Å²) in [4.78, 5) is 26.8. The van der Waals surface area contributed by atoms with E-state index in [0.717, 1.165) is 24.9 Å². The molecule has 1 aliphatic heterocycles. The molecule has 3 N–H and O–H groups in total. The number of piperidine rings is 1. The van der Waals surface area contributed by atoms with Crippen LogP contribution in [0.4, 0.5) is 5.69 Å². The van der Waals surface area contributed by atoms with E-state index >= 15 is 0 Å². The van der Waals surface area contributed by atoms with Crippen LogP contribution in [0.5, 0.6) is 0 Å². The summed E-state index contributed by atoms with van der Waals surface area (Å²) >= 11 is 0. The smallest absolute Gasteiger partial charge is 0.255 e. The number of aryl methyl sites for hydroxylation is 1. The van der Waals surface area contributed by atoms with E-state index in [1.807, 2.05) is 24.3 Å². The molecule has 1 atom stereocenters. The lowest BCUT2D eigenvalue weighted by molar-refractivity contribution is -0.123. The summed E-state index contributed by atoms with van der Waals surface area (Å²) in [5, 5.41) is 2.87. The summed E-state index contributed by atoms with van der Waals surface area (Å²) in [5.41, 5.74) is 8.19. The summed E-state index contributed by atoms with van der Waals surface area (Å²) < 4.78 is 27.1. The fourth-order valence-electron chi connectivity index (χ4n) is 4.30. The highest BCUT2D eigenvalue weighted by Crippen LogP contribution is 2.22. The summed E-state index contributed by atoms with van der Waals surface area (Å²) in [6, 6.07) is 12.2. The molecule has 1 unspecified atom stereocenters. The van der Waals surface area contributed by atoms with Crippen LogP contribution in [-0.2, 0) is 21.4 Å². The van der Waals surface area contributed by atoms with Crippen molar-refractivity contribution in [2.45, 2.75) is 45.1 Å². The number of hydrogen-bond acceptors (Lipinski definition) is 5. The summed E-state index contributed by atoms with van der Waals surface area (Å²) in [5.74, 6) is -0.703. The van der Waals surface area contributed by atoms with Crippen LogP contribution in [0.25, 0.3) is 0 Å². The van der Waals surface area contributed by atoms with Gasteiger partial charge >= 0.3 is 0 Å². The average molecular weight is 487 g/mol. The Bertz CT molecular complexity index is 1130. The molecule has 3 rings (SSSR count). The highest BCUT2D eigenvalue weighted by molar-refractivity contribution is 7.89. The lowest BCUT2D eigenvalue weighted by Gasteiger charge is -2.31. The standard InChI is InChI=1S/C25H34N4O4S/c1-4-29(5-2)34(32,33)22-13-8-18(3)23(15-22)25(31)27-21-11-9-19(10-12-21)16-28-14-6-7-20(17-28)24(26)30/h8-13,15,20H,4-7,14,16-17H2,1-3H3,(H2,26,30)(H,27,31). The van der Waals surface area contributed by atoms with Gasteiger partial charge in [0.2, 0.25) is 15.9 Å². The molecule has 1 heterocycles. The van der Waals surface area contributed by atoms with Gasteiger partial charge in [-0.3, -0.25) is 14.5 Å². The van der Waals surface area contributed by atoms with E-state index in [9.17, 15) is 18.0 Å². The average Bonchev–Trinajstić information content (AvgIpc) is 2.81. The SMILES string of the molecule is CCN(CC)S(=O)(=O)c1ccc(C)c(C(=O)Nc2ccc(CN3CCCC(C(N)=O)C3)cc2)c1. The van der Waals surface area contributed by atoms with Gasteiger partial charge in [-0.2, -0.15) is 4.31 Å². The Labute approximate surface area is 202 Å². The lowest BCUT2D eigenvalue weighted by atomic mass is 9.97. The first-order valence-electron chi connectivity index (χ1n) is 11.7. The number of likely N-dealkylation sites (tertiary alicyclic amines) is 1. The first-order chi connectivity index (χ1) is 16.1. The van der Waals surface area contributed by atoms with E-state index < -0.39 is 10.0 Å². The fraction of sp³-hybridized carbons (Fsp3) is 0.440. The highest BCUT2D eigenvalue weighted by atomic mass is 32.2. The van der Waals surface area contributed by atoms with Gasteiger partial charge in [0.25, 0.3) is 5.91 Å². The molecule has 184 valence electrons. The van der Waals surface area contributed by atoms with Gasteiger partial charge in [0, 0.05) is 37.4 Å². The van der Waals surface area contributed by atoms with E-state index in [1.165, 1.54) is 16.4 Å². The number of sulfonamides is 1. The molecule has 0 aliphatic carbocycles. The van der Waals surface area contributed by atoms with Crippen molar-refractivity contribution >= 4 is 27.5 Å². The minimum absolute atomic E-state index is 0.100. The van der Waals surface area contributed by atoms with Gasteiger partial charge in [0.05, 0.1) is 10.8 Å². The zero-order valence-electron chi connectivity index (χ0n) is 20.1. The Morgan fingerprint density at radius 1 is 1.12 bits per heavy atom. The molecule has 0 spiro atoms. The minimum atomic E-state index is -3.66. The van der Waals surface area contributed by atoms with Crippen molar-refractivity contribution < 1.29 is 18.0 Å². The number of amides is 2. The van der Waals surface area contributed by atoms with Crippen molar-refractivity contribution in [2.75, 3.05) is 31.5 Å². The molecule has 1 fully saturated rings. The van der Waals surface area contributed by atoms with E-state index in [4.69, 9.17) is 5.73 Å². The second-order valence-corrected chi connectivity index (χ2v) is 10.6. The normalized spacial score (nSPS) is 17.0. The van der Waals surface area contributed by atoms with Crippen molar-refractivity contribution in [3.63, 3.8) is 0 Å². The Balaban J connectivity index is 1.69. The molecule has 34 heavy (non-hydrogen) atoms. The van der Waals surface area contributed by atoms with Crippen LogP contribution in [0.1, 0.15) is 48.2 Å². The molecule has 2 amide bonds. The molecule has 0 bridgehead atoms. The lowest BCUT2D eigenvalue weighted by Crippen LogP contribution is -2.40. The Morgan fingerprint density at radius 3 is 2.41 bits per heavy atom. The van der Waals surface area contributed by atoms with Gasteiger partial charge in [-0.05, 0) is 61.7 Å². The maximum Gasteiger partial charge on any atom is 0.255 e. The number of benzene rings is 2. The van der Waals surface area contributed by atoms with Gasteiger partial charge < -0.3 is 11.1 Å². The second-order valence-electron chi connectivity index (χ2n) is 8.69. The van der Waals surface area contributed by atoms with Crippen LogP contribution in [0.3, 0.4) is 0 Å². The number of anilines is 1. The maximum atomic E-state index is 13.0. The van der Waals surface area contributed by atoms with Crippen LogP contribution in [0.15, 0.2) is 47.4 Å². The van der Waals surface area contributed by atoms with Crippen LogP contribution in [-0.4, -0.2) is 55.6 Å². The predicted octanol–water partition coefficient (Wildman–Crippen LogP) is 2.98. The number of carbonyl (C=O) groups excluding carboxylic acids is 2. The van der Waals surface area contributed by atoms with E-state index in [1.54, 1.807) is 26.8 Å². The van der Waals surface area contributed by atoms with Crippen LogP contribution in [0.2, 0.25) is 0 Å². The molecular formula is C25H34N4O4S. The zero-order valence-corrected chi connectivity index (χ0v) is 20.9. The fourth-order valence-corrected chi connectivity index (χ4v) is 5.79. The Kier molecular flexibility index (Phi) is 8.46. The molecular weight excluding hydrogens is 452 g/mol. The number of primary amides is 1. The molecule has 0 saturated carbocycles. The third kappa shape index (κ3) is 6.02. The molecule has 0 radical (unpaired) electrons. The van der Waals surface area contributed by atoms with Gasteiger partial charge in [-0.25, -0.2) is 8.42 Å². The van der Waals surface area contributed by atoms with Gasteiger partial charge in [0.15, 0.2) is 0 Å². The summed E-state index contributed by atoms with van der Waals surface area (Å²) in [7, 11) is -3.66. The zero-order chi connectivity index (χ0) is 24.9. The Morgan fingerprint density at radius 2 is 1.79 bits per heavy atom. The van der Waals surface area contributed by atoms with E-state index in [0.29, 0.717) is 43.0 Å². The van der Waals surface area contributed by atoms with Crippen molar-refractivity contribution in [1.82, 2.24) is 9.21 Å². The molecule has 9 heteroatoms. The number of nitrogens with zero attached hydrogens (tertiary/aromatic N) is 2. The van der Waals surface area contributed by atoms with Gasteiger partial charge in [0.1, 0.15) is 0 Å². The molecule has 1 saturated heterocycles.